The van der Waals surface area contributed by atoms with Gasteiger partial charge in [0.25, 0.3) is 0 Å². The fourth-order valence-corrected chi connectivity index (χ4v) is 4.70. The van der Waals surface area contributed by atoms with Gasteiger partial charge in [-0.1, -0.05) is 42.5 Å². The van der Waals surface area contributed by atoms with Crippen molar-refractivity contribution in [1.82, 2.24) is 0 Å². The molecular formula is C24H24N2O3. The lowest BCUT2D eigenvalue weighted by Crippen LogP contribution is -2.61. The summed E-state index contributed by atoms with van der Waals surface area (Å²) in [5, 5.41) is 2.16. The number of aliphatic imine (C=N–C) groups is 1. The largest absolute Gasteiger partial charge is 0.459 e. The van der Waals surface area contributed by atoms with Crippen LogP contribution in [0.1, 0.15) is 25.0 Å². The molecule has 3 aromatic rings. The van der Waals surface area contributed by atoms with Gasteiger partial charge in [-0.3, -0.25) is 4.99 Å². The van der Waals surface area contributed by atoms with E-state index in [0.717, 1.165) is 33.5 Å². The number of benzene rings is 3. The Kier molecular flexibility index (Phi) is 3.95. The number of nitrogens with zero attached hydrogens (tertiary/aromatic N) is 2. The summed E-state index contributed by atoms with van der Waals surface area (Å²) < 4.78 is 6.87. The number of likely N-dealkylation sites (N-methyl/N-ethyl adjacent to an activating group) is 1. The van der Waals surface area contributed by atoms with E-state index in [1.165, 1.54) is 12.7 Å². The minimum atomic E-state index is -0.728. The number of hydrogen-bond acceptors (Lipinski definition) is 5. The molecule has 1 spiro atoms. The summed E-state index contributed by atoms with van der Waals surface area (Å²) in [5.41, 5.74) is 3.12. The van der Waals surface area contributed by atoms with Crippen LogP contribution < -0.4 is 9.64 Å². The van der Waals surface area contributed by atoms with Crippen molar-refractivity contribution in [2.24, 2.45) is 4.99 Å². The second-order valence-corrected chi connectivity index (χ2v) is 8.12. The minimum Gasteiger partial charge on any atom is -0.459 e. The summed E-state index contributed by atoms with van der Waals surface area (Å²) in [5.74, 6) is 0.746. The lowest BCUT2D eigenvalue weighted by Gasteiger charge is -2.45. The van der Waals surface area contributed by atoms with Crippen molar-refractivity contribution in [3.05, 3.63) is 65.7 Å². The molecule has 2 aliphatic heterocycles. The quantitative estimate of drug-likeness (QED) is 0.460. The topological polar surface area (TPSA) is 43.3 Å². The molecule has 5 heteroatoms. The zero-order valence-corrected chi connectivity index (χ0v) is 17.1. The van der Waals surface area contributed by atoms with E-state index >= 15 is 0 Å². The van der Waals surface area contributed by atoms with Crippen LogP contribution in [0.15, 0.2) is 59.6 Å². The third-order valence-corrected chi connectivity index (χ3v) is 6.34. The van der Waals surface area contributed by atoms with Gasteiger partial charge in [0.1, 0.15) is 12.3 Å². The van der Waals surface area contributed by atoms with Crippen LogP contribution in [0, 0.1) is 0 Å². The highest BCUT2D eigenvalue weighted by atomic mass is 17.2. The molecule has 0 saturated carbocycles. The lowest BCUT2D eigenvalue weighted by molar-refractivity contribution is -0.282. The molecule has 1 atom stereocenters. The zero-order valence-electron chi connectivity index (χ0n) is 17.1. The second kappa shape index (κ2) is 6.31. The van der Waals surface area contributed by atoms with Crippen molar-refractivity contribution in [3.8, 4) is 5.75 Å². The number of anilines is 1. The Labute approximate surface area is 170 Å². The second-order valence-electron chi connectivity index (χ2n) is 8.12. The maximum atomic E-state index is 6.87. The maximum Gasteiger partial charge on any atom is 0.228 e. The first-order valence-electron chi connectivity index (χ1n) is 9.77. The van der Waals surface area contributed by atoms with Crippen molar-refractivity contribution in [1.29, 1.82) is 0 Å². The molecule has 0 radical (unpaired) electrons. The molecule has 2 heterocycles. The summed E-state index contributed by atoms with van der Waals surface area (Å²) in [4.78, 5) is 17.3. The van der Waals surface area contributed by atoms with E-state index in [1.807, 2.05) is 18.3 Å². The Morgan fingerprint density at radius 2 is 1.83 bits per heavy atom. The number of hydrogen-bond donors (Lipinski definition) is 0. The summed E-state index contributed by atoms with van der Waals surface area (Å²) in [7, 11) is 3.58. The molecule has 0 saturated heterocycles. The number of rotatable bonds is 3. The molecule has 0 amide bonds. The van der Waals surface area contributed by atoms with Gasteiger partial charge in [-0.15, -0.1) is 0 Å². The van der Waals surface area contributed by atoms with Gasteiger partial charge in [0, 0.05) is 23.7 Å². The summed E-state index contributed by atoms with van der Waals surface area (Å²) in [6, 6.07) is 18.7. The van der Waals surface area contributed by atoms with Crippen molar-refractivity contribution in [3.63, 3.8) is 0 Å². The molecule has 0 aromatic heterocycles. The van der Waals surface area contributed by atoms with Gasteiger partial charge in [-0.2, -0.15) is 0 Å². The van der Waals surface area contributed by atoms with Gasteiger partial charge in [-0.05, 0) is 36.9 Å². The normalized spacial score (nSPS) is 21.3. The van der Waals surface area contributed by atoms with Crippen molar-refractivity contribution >= 4 is 28.4 Å². The zero-order chi connectivity index (χ0) is 20.2. The average molecular weight is 388 g/mol. The predicted octanol–water partition coefficient (Wildman–Crippen LogP) is 5.14. The highest BCUT2D eigenvalue weighted by Crippen LogP contribution is 2.54. The Bertz CT molecular complexity index is 1140. The van der Waals surface area contributed by atoms with Crippen molar-refractivity contribution in [2.75, 3.05) is 19.1 Å². The molecule has 0 N–H and O–H groups in total. The Morgan fingerprint density at radius 1 is 1.07 bits per heavy atom. The maximum absolute atomic E-state index is 6.87. The summed E-state index contributed by atoms with van der Waals surface area (Å²) >= 11 is 0. The molecule has 3 aromatic carbocycles. The van der Waals surface area contributed by atoms with Crippen LogP contribution in [-0.4, -0.2) is 26.1 Å². The number of fused-ring (bicyclic) bond motifs is 4. The van der Waals surface area contributed by atoms with Gasteiger partial charge >= 0.3 is 0 Å². The molecule has 1 unspecified atom stereocenters. The van der Waals surface area contributed by atoms with Crippen molar-refractivity contribution < 1.29 is 14.5 Å². The predicted molar refractivity (Wildman–Crippen MR) is 115 cm³/mol. The van der Waals surface area contributed by atoms with Crippen LogP contribution in [-0.2, 0) is 21.8 Å². The van der Waals surface area contributed by atoms with E-state index in [-0.39, 0.29) is 12.0 Å². The first kappa shape index (κ1) is 18.2. The SMILES string of the molecule is COOCc1cc2ccccc2c2c1OC1(C=N2)N(C)c2ccccc2C1(C)C. The molecular weight excluding hydrogens is 364 g/mol. The first-order valence-corrected chi connectivity index (χ1v) is 9.77. The number of para-hydroxylation sites is 1. The van der Waals surface area contributed by atoms with E-state index in [2.05, 4.69) is 68.3 Å². The Morgan fingerprint density at radius 3 is 2.62 bits per heavy atom. The Hall–Kier alpha value is -2.89. The molecule has 5 nitrogen and oxygen atoms in total. The fourth-order valence-electron chi connectivity index (χ4n) is 4.70. The van der Waals surface area contributed by atoms with Crippen LogP contribution in [0.3, 0.4) is 0 Å². The third-order valence-electron chi connectivity index (χ3n) is 6.34. The molecule has 5 rings (SSSR count). The van der Waals surface area contributed by atoms with Gasteiger partial charge in [-0.25, -0.2) is 9.78 Å². The Balaban J connectivity index is 1.72. The van der Waals surface area contributed by atoms with Crippen LogP contribution in [0.25, 0.3) is 10.8 Å². The van der Waals surface area contributed by atoms with E-state index in [9.17, 15) is 0 Å². The average Bonchev–Trinajstić information content (AvgIpc) is 2.91. The molecule has 2 aliphatic rings. The molecule has 0 aliphatic carbocycles. The molecule has 29 heavy (non-hydrogen) atoms. The van der Waals surface area contributed by atoms with Crippen LogP contribution in [0.2, 0.25) is 0 Å². The van der Waals surface area contributed by atoms with Gasteiger partial charge < -0.3 is 9.64 Å². The highest BCUT2D eigenvalue weighted by Gasteiger charge is 2.58. The third kappa shape index (κ3) is 2.38. The standard InChI is InChI=1S/C24H24N2O3/c1-23(2)19-11-7-8-12-20(19)26(3)24(23)15-25-21-18-10-6-5-9-16(18)13-17(14-28-27-4)22(21)29-24/h5-13,15H,14H2,1-4H3. The molecule has 0 bridgehead atoms. The van der Waals surface area contributed by atoms with E-state index in [1.54, 1.807) is 0 Å². The first-order chi connectivity index (χ1) is 14.0. The van der Waals surface area contributed by atoms with Gasteiger partial charge in [0.05, 0.1) is 18.7 Å². The summed E-state index contributed by atoms with van der Waals surface area (Å²) in [6.45, 7) is 4.70. The lowest BCUT2D eigenvalue weighted by atomic mass is 9.77. The van der Waals surface area contributed by atoms with Crippen LogP contribution in [0.5, 0.6) is 5.75 Å². The summed E-state index contributed by atoms with van der Waals surface area (Å²) in [6.07, 6.45) is 1.96. The van der Waals surface area contributed by atoms with E-state index in [0.29, 0.717) is 0 Å². The fraction of sp³-hybridized carbons (Fsp3) is 0.292. The highest BCUT2D eigenvalue weighted by molar-refractivity contribution is 6.00. The van der Waals surface area contributed by atoms with E-state index < -0.39 is 5.72 Å². The van der Waals surface area contributed by atoms with Gasteiger partial charge in [0.2, 0.25) is 5.72 Å². The van der Waals surface area contributed by atoms with E-state index in [4.69, 9.17) is 19.5 Å². The monoisotopic (exact) mass is 388 g/mol. The molecule has 0 fully saturated rings. The number of ether oxygens (including phenoxy) is 1. The van der Waals surface area contributed by atoms with Crippen LogP contribution >= 0.6 is 0 Å². The minimum absolute atomic E-state index is 0.284. The van der Waals surface area contributed by atoms with Crippen molar-refractivity contribution in [2.45, 2.75) is 31.6 Å². The van der Waals surface area contributed by atoms with Crippen LogP contribution in [0.4, 0.5) is 11.4 Å². The molecule has 148 valence electrons. The van der Waals surface area contributed by atoms with Gasteiger partial charge in [0.15, 0.2) is 5.75 Å². The smallest absolute Gasteiger partial charge is 0.228 e.